The number of furan rings is 1. The molecule has 14 aromatic rings. The zero-order valence-corrected chi connectivity index (χ0v) is 34.7. The van der Waals surface area contributed by atoms with Crippen molar-refractivity contribution >= 4 is 114 Å². The molecule has 2 heteroatoms. The average Bonchev–Trinajstić information content (AvgIpc) is 3.73. The summed E-state index contributed by atoms with van der Waals surface area (Å²) in [6.07, 6.45) is 0. The van der Waals surface area contributed by atoms with E-state index in [1.807, 2.05) is 12.1 Å². The van der Waals surface area contributed by atoms with E-state index >= 15 is 0 Å². The van der Waals surface area contributed by atoms with Crippen LogP contribution in [0.3, 0.4) is 0 Å². The molecule has 0 spiro atoms. The van der Waals surface area contributed by atoms with Crippen LogP contribution in [0.5, 0.6) is 0 Å². The van der Waals surface area contributed by atoms with Gasteiger partial charge >= 0.3 is 0 Å². The summed E-state index contributed by atoms with van der Waals surface area (Å²) in [4.78, 5) is 2.43. The van der Waals surface area contributed by atoms with Crippen molar-refractivity contribution in [1.82, 2.24) is 0 Å². The van der Waals surface area contributed by atoms with Gasteiger partial charge in [0, 0.05) is 27.8 Å². The van der Waals surface area contributed by atoms with E-state index in [1.54, 1.807) is 0 Å². The Hall–Kier alpha value is -8.46. The maximum atomic E-state index is 6.31. The van der Waals surface area contributed by atoms with E-state index in [9.17, 15) is 0 Å². The summed E-state index contributed by atoms with van der Waals surface area (Å²) in [6.45, 7) is 0. The van der Waals surface area contributed by atoms with E-state index < -0.39 is 0 Å². The molecular formula is C62H37NO. The topological polar surface area (TPSA) is 16.4 Å². The normalized spacial score (nSPS) is 12.1. The summed E-state index contributed by atoms with van der Waals surface area (Å²) in [5.74, 6) is 0. The summed E-state index contributed by atoms with van der Waals surface area (Å²) in [5.41, 5.74) is 9.73. The van der Waals surface area contributed by atoms with Crippen LogP contribution in [0.25, 0.3) is 120 Å². The van der Waals surface area contributed by atoms with Gasteiger partial charge in [-0.05, 0) is 158 Å². The van der Waals surface area contributed by atoms with Crippen LogP contribution in [0.2, 0.25) is 0 Å². The summed E-state index contributed by atoms with van der Waals surface area (Å²) in [5, 5.41) is 20.0. The summed E-state index contributed by atoms with van der Waals surface area (Å²) in [6, 6.07) is 82.7. The largest absolute Gasteiger partial charge is 0.456 e. The molecular weight excluding hydrogens is 775 g/mol. The monoisotopic (exact) mass is 811 g/mol. The van der Waals surface area contributed by atoms with Gasteiger partial charge in [0.25, 0.3) is 0 Å². The summed E-state index contributed by atoms with van der Waals surface area (Å²) >= 11 is 0. The minimum absolute atomic E-state index is 0.900. The quantitative estimate of drug-likeness (QED) is 0.161. The zero-order chi connectivity index (χ0) is 41.9. The summed E-state index contributed by atoms with van der Waals surface area (Å²) < 4.78 is 6.31. The van der Waals surface area contributed by atoms with Crippen molar-refractivity contribution in [2.45, 2.75) is 0 Å². The first-order chi connectivity index (χ1) is 31.7. The van der Waals surface area contributed by atoms with Gasteiger partial charge in [0.1, 0.15) is 11.2 Å². The van der Waals surface area contributed by atoms with Crippen molar-refractivity contribution in [3.8, 4) is 22.3 Å². The predicted molar refractivity (Wildman–Crippen MR) is 273 cm³/mol. The Morgan fingerprint density at radius 3 is 1.34 bits per heavy atom. The number of hydrogen-bond acceptors (Lipinski definition) is 2. The van der Waals surface area contributed by atoms with Crippen molar-refractivity contribution in [3.05, 3.63) is 224 Å². The van der Waals surface area contributed by atoms with E-state index in [-0.39, 0.29) is 0 Å². The Morgan fingerprint density at radius 2 is 0.688 bits per heavy atom. The molecule has 0 atom stereocenters. The van der Waals surface area contributed by atoms with Gasteiger partial charge in [-0.1, -0.05) is 164 Å². The van der Waals surface area contributed by atoms with Gasteiger partial charge in [-0.25, -0.2) is 0 Å². The fraction of sp³-hybridized carbons (Fsp3) is 0. The number of anilines is 3. The van der Waals surface area contributed by atoms with Crippen LogP contribution in [0.15, 0.2) is 229 Å². The molecule has 1 aromatic heterocycles. The third-order valence-electron chi connectivity index (χ3n) is 13.7. The minimum Gasteiger partial charge on any atom is -0.456 e. The number of fused-ring (bicyclic) bond motifs is 6. The smallest absolute Gasteiger partial charge is 0.136 e. The first-order valence-corrected chi connectivity index (χ1v) is 22.1. The molecule has 0 saturated heterocycles. The SMILES string of the molecule is c1ccc2cc(-c3ccc(N(c4ccc(-c5ccc6c(c5)oc5ccccc56)cc4)c4cc5ccc6cccc7c8cccc9ccc%10cccc(c(c4)c5c67)c%10c98)cc3)ccc2c1. The van der Waals surface area contributed by atoms with Gasteiger partial charge in [-0.3, -0.25) is 0 Å². The minimum atomic E-state index is 0.900. The highest BCUT2D eigenvalue weighted by Crippen LogP contribution is 2.47. The third kappa shape index (κ3) is 5.27. The van der Waals surface area contributed by atoms with Crippen molar-refractivity contribution < 1.29 is 4.42 Å². The molecule has 0 saturated carbocycles. The zero-order valence-electron chi connectivity index (χ0n) is 34.7. The fourth-order valence-corrected chi connectivity index (χ4v) is 10.7. The first-order valence-electron chi connectivity index (χ1n) is 22.1. The number of benzene rings is 12. The van der Waals surface area contributed by atoms with Crippen LogP contribution < -0.4 is 4.90 Å². The third-order valence-corrected chi connectivity index (χ3v) is 13.7. The van der Waals surface area contributed by atoms with E-state index in [4.69, 9.17) is 4.42 Å². The van der Waals surface area contributed by atoms with Crippen LogP contribution in [0.4, 0.5) is 17.1 Å². The predicted octanol–water partition coefficient (Wildman–Crippen LogP) is 17.9. The second-order valence-electron chi connectivity index (χ2n) is 17.2. The maximum absolute atomic E-state index is 6.31. The molecule has 0 amide bonds. The van der Waals surface area contributed by atoms with Crippen LogP contribution in [0.1, 0.15) is 0 Å². The van der Waals surface area contributed by atoms with Gasteiger partial charge < -0.3 is 9.32 Å². The Balaban J connectivity index is 1.00. The van der Waals surface area contributed by atoms with Gasteiger partial charge in [-0.15, -0.1) is 0 Å². The van der Waals surface area contributed by atoms with Crippen LogP contribution in [0, 0.1) is 0 Å². The van der Waals surface area contributed by atoms with Crippen LogP contribution in [-0.4, -0.2) is 0 Å². The Labute approximate surface area is 368 Å². The van der Waals surface area contributed by atoms with Crippen LogP contribution in [-0.2, 0) is 0 Å². The molecule has 0 N–H and O–H groups in total. The first kappa shape index (κ1) is 35.2. The number of rotatable bonds is 5. The number of hydrogen-bond donors (Lipinski definition) is 0. The van der Waals surface area contributed by atoms with Crippen molar-refractivity contribution in [2.24, 2.45) is 0 Å². The molecule has 0 fully saturated rings. The number of nitrogens with zero attached hydrogens (tertiary/aromatic N) is 1. The highest BCUT2D eigenvalue weighted by atomic mass is 16.3. The lowest BCUT2D eigenvalue weighted by molar-refractivity contribution is 0.669. The van der Waals surface area contributed by atoms with Crippen molar-refractivity contribution in [1.29, 1.82) is 0 Å². The van der Waals surface area contributed by atoms with E-state index in [0.29, 0.717) is 0 Å². The molecule has 0 aliphatic carbocycles. The molecule has 296 valence electrons. The van der Waals surface area contributed by atoms with Crippen molar-refractivity contribution in [2.75, 3.05) is 4.90 Å². The highest BCUT2D eigenvalue weighted by molar-refractivity contribution is 6.37. The Bertz CT molecular complexity index is 4170. The fourth-order valence-electron chi connectivity index (χ4n) is 10.7. The second kappa shape index (κ2) is 13.5. The Kier molecular flexibility index (Phi) is 7.43. The molecule has 2 nitrogen and oxygen atoms in total. The van der Waals surface area contributed by atoms with Gasteiger partial charge in [-0.2, -0.15) is 0 Å². The summed E-state index contributed by atoms with van der Waals surface area (Å²) in [7, 11) is 0. The molecule has 0 radical (unpaired) electrons. The highest BCUT2D eigenvalue weighted by Gasteiger charge is 2.20. The molecule has 0 aliphatic heterocycles. The van der Waals surface area contributed by atoms with Crippen molar-refractivity contribution in [3.63, 3.8) is 0 Å². The average molecular weight is 812 g/mol. The number of para-hydroxylation sites is 1. The van der Waals surface area contributed by atoms with E-state index in [2.05, 4.69) is 217 Å². The molecule has 0 aliphatic rings. The van der Waals surface area contributed by atoms with Crippen LogP contribution >= 0.6 is 0 Å². The molecule has 0 bridgehead atoms. The van der Waals surface area contributed by atoms with E-state index in [1.165, 1.54) is 86.5 Å². The van der Waals surface area contributed by atoms with E-state index in [0.717, 1.165) is 50.1 Å². The lowest BCUT2D eigenvalue weighted by Gasteiger charge is -2.27. The maximum Gasteiger partial charge on any atom is 0.136 e. The van der Waals surface area contributed by atoms with Gasteiger partial charge in [0.2, 0.25) is 0 Å². The second-order valence-corrected chi connectivity index (χ2v) is 17.2. The molecule has 0 unspecified atom stereocenters. The van der Waals surface area contributed by atoms with Gasteiger partial charge in [0.15, 0.2) is 0 Å². The standard InChI is InChI=1S/C62H37NO/c1-2-9-44-34-45(22-18-38(44)8-1)39-24-29-48(30-25-39)63(49-31-26-40(27-32-49)46-28-33-52-51-13-3-4-17-57(51)64-58(52)36-46)50-35-47-23-21-43-11-6-15-54-53-14-5-10-41-19-20-42-12-7-16-55(61(42)59(41)53)56(37-50)62(47)60(43)54/h1-37H. The Morgan fingerprint density at radius 1 is 0.234 bits per heavy atom. The lowest BCUT2D eigenvalue weighted by atomic mass is 9.87. The molecule has 64 heavy (non-hydrogen) atoms. The molecule has 13 aromatic carbocycles. The molecule has 14 rings (SSSR count). The van der Waals surface area contributed by atoms with Gasteiger partial charge in [0.05, 0.1) is 0 Å². The molecule has 1 heterocycles. The lowest BCUT2D eigenvalue weighted by Crippen LogP contribution is -2.10.